The first kappa shape index (κ1) is 22.8. The number of nitrogens with zero attached hydrogens (tertiary/aromatic N) is 5. The lowest BCUT2D eigenvalue weighted by molar-refractivity contribution is -0.117. The predicted octanol–water partition coefficient (Wildman–Crippen LogP) is 2.39. The number of hydrogen-bond acceptors (Lipinski definition) is 8. The molecule has 0 atom stereocenters. The van der Waals surface area contributed by atoms with Crippen molar-refractivity contribution in [3.8, 4) is 11.1 Å². The van der Waals surface area contributed by atoms with Crippen LogP contribution in [0.4, 0.5) is 22.9 Å². The summed E-state index contributed by atoms with van der Waals surface area (Å²) in [6.45, 7) is 1.94. The summed E-state index contributed by atoms with van der Waals surface area (Å²) in [6.07, 6.45) is 3.65. The zero-order valence-corrected chi connectivity index (χ0v) is 20.0. The average Bonchev–Trinajstić information content (AvgIpc) is 3.64. The average molecular weight is 477 g/mol. The number of anilines is 4. The highest BCUT2D eigenvalue weighted by Crippen LogP contribution is 2.44. The zero-order chi connectivity index (χ0) is 24.5. The Kier molecular flexibility index (Phi) is 6.08. The van der Waals surface area contributed by atoms with Crippen molar-refractivity contribution in [2.75, 3.05) is 43.3 Å². The number of hydrogen-bond donors (Lipinski definition) is 3. The van der Waals surface area contributed by atoms with E-state index in [2.05, 4.69) is 42.2 Å². The largest absolute Gasteiger partial charge is 0.383 e. The molecule has 3 heterocycles. The Morgan fingerprint density at radius 1 is 1.17 bits per heavy atom. The fourth-order valence-electron chi connectivity index (χ4n) is 4.30. The minimum atomic E-state index is -0.375. The minimum Gasteiger partial charge on any atom is -0.383 e. The fourth-order valence-corrected chi connectivity index (χ4v) is 4.30. The van der Waals surface area contributed by atoms with Gasteiger partial charge in [-0.15, -0.1) is 10.2 Å². The molecule has 182 valence electrons. The molecule has 5 rings (SSSR count). The van der Waals surface area contributed by atoms with Crippen molar-refractivity contribution in [2.45, 2.75) is 25.9 Å². The standard InChI is InChI=1S/C24H28N8O3/c1-25-24(34)21-18(11-20(29-30-21)28-23(33)14-7-8-14)27-17-6-4-5-15-16-12-26-32(9-10-35-3)19(16)13-31(2)22(15)17/h4-6,11-12,14H,7-10,13H2,1-3H3,(H,25,34)(H2,27,28,29,33). The molecule has 1 aromatic carbocycles. The number of para-hydroxylation sites is 1. The first-order valence-corrected chi connectivity index (χ1v) is 11.6. The van der Waals surface area contributed by atoms with Crippen molar-refractivity contribution in [1.29, 1.82) is 0 Å². The fraction of sp³-hybridized carbons (Fsp3) is 0.375. The zero-order valence-electron chi connectivity index (χ0n) is 20.0. The molecule has 0 unspecified atom stereocenters. The highest BCUT2D eigenvalue weighted by Gasteiger charge is 2.30. The molecule has 2 aliphatic rings. The van der Waals surface area contributed by atoms with Crippen molar-refractivity contribution in [1.82, 2.24) is 25.3 Å². The topological polar surface area (TPSA) is 126 Å². The number of benzene rings is 1. The molecule has 2 amide bonds. The van der Waals surface area contributed by atoms with Gasteiger partial charge in [0.05, 0.1) is 48.6 Å². The van der Waals surface area contributed by atoms with E-state index >= 15 is 0 Å². The van der Waals surface area contributed by atoms with E-state index in [1.165, 1.54) is 7.05 Å². The monoisotopic (exact) mass is 476 g/mol. The van der Waals surface area contributed by atoms with E-state index in [0.29, 0.717) is 31.2 Å². The van der Waals surface area contributed by atoms with E-state index in [4.69, 9.17) is 4.74 Å². The Balaban J connectivity index is 1.51. The van der Waals surface area contributed by atoms with Crippen molar-refractivity contribution in [3.05, 3.63) is 41.9 Å². The number of aromatic nitrogens is 4. The lowest BCUT2D eigenvalue weighted by Crippen LogP contribution is -2.26. The maximum absolute atomic E-state index is 12.5. The molecule has 1 aliphatic heterocycles. The van der Waals surface area contributed by atoms with Gasteiger partial charge in [0.2, 0.25) is 5.91 Å². The summed E-state index contributed by atoms with van der Waals surface area (Å²) in [6, 6.07) is 7.62. The molecule has 1 fully saturated rings. The third-order valence-corrected chi connectivity index (χ3v) is 6.26. The highest BCUT2D eigenvalue weighted by atomic mass is 16.5. The molecular formula is C24H28N8O3. The molecule has 35 heavy (non-hydrogen) atoms. The second-order valence-electron chi connectivity index (χ2n) is 8.74. The summed E-state index contributed by atoms with van der Waals surface area (Å²) in [7, 11) is 5.24. The first-order chi connectivity index (χ1) is 17.0. The van der Waals surface area contributed by atoms with Crippen molar-refractivity contribution < 1.29 is 14.3 Å². The van der Waals surface area contributed by atoms with Crippen LogP contribution in [0.3, 0.4) is 0 Å². The van der Waals surface area contributed by atoms with Gasteiger partial charge in [0.25, 0.3) is 5.91 Å². The summed E-state index contributed by atoms with van der Waals surface area (Å²) in [4.78, 5) is 26.9. The lowest BCUT2D eigenvalue weighted by Gasteiger charge is -2.31. The van der Waals surface area contributed by atoms with Gasteiger partial charge in [0.15, 0.2) is 11.5 Å². The number of amides is 2. The Morgan fingerprint density at radius 2 is 2.00 bits per heavy atom. The number of rotatable bonds is 8. The number of carbonyl (C=O) groups excluding carboxylic acids is 2. The van der Waals surface area contributed by atoms with Gasteiger partial charge >= 0.3 is 0 Å². The van der Waals surface area contributed by atoms with Gasteiger partial charge in [-0.1, -0.05) is 12.1 Å². The maximum atomic E-state index is 12.5. The second kappa shape index (κ2) is 9.34. The van der Waals surface area contributed by atoms with E-state index in [-0.39, 0.29) is 23.4 Å². The predicted molar refractivity (Wildman–Crippen MR) is 132 cm³/mol. The normalized spacial score (nSPS) is 14.2. The lowest BCUT2D eigenvalue weighted by atomic mass is 9.98. The molecule has 1 aliphatic carbocycles. The molecular weight excluding hydrogens is 448 g/mol. The van der Waals surface area contributed by atoms with Gasteiger partial charge in [-0.05, 0) is 18.9 Å². The highest BCUT2D eigenvalue weighted by molar-refractivity contribution is 6.01. The number of methoxy groups -OCH3 is 1. The quantitative estimate of drug-likeness (QED) is 0.452. The Labute approximate surface area is 202 Å². The number of ether oxygens (including phenoxy) is 1. The summed E-state index contributed by atoms with van der Waals surface area (Å²) >= 11 is 0. The first-order valence-electron chi connectivity index (χ1n) is 11.6. The van der Waals surface area contributed by atoms with Crippen LogP contribution in [0.25, 0.3) is 11.1 Å². The van der Waals surface area contributed by atoms with Crippen LogP contribution in [0.2, 0.25) is 0 Å². The van der Waals surface area contributed by atoms with Crippen LogP contribution in [-0.2, 0) is 22.6 Å². The molecule has 0 spiro atoms. The van der Waals surface area contributed by atoms with Gasteiger partial charge in [-0.2, -0.15) is 5.10 Å². The smallest absolute Gasteiger partial charge is 0.273 e. The van der Waals surface area contributed by atoms with Gasteiger partial charge in [-0.3, -0.25) is 14.3 Å². The van der Waals surface area contributed by atoms with Crippen LogP contribution >= 0.6 is 0 Å². The molecule has 1 saturated carbocycles. The summed E-state index contributed by atoms with van der Waals surface area (Å²) in [5.41, 5.74) is 5.60. The van der Waals surface area contributed by atoms with Gasteiger partial charge in [-0.25, -0.2) is 0 Å². The SMILES string of the molecule is CNC(=O)c1nnc(NC(=O)C2CC2)cc1Nc1cccc2c1N(C)Cc1c-2cnn1CCOC. The number of fused-ring (bicyclic) bond motifs is 3. The van der Waals surface area contributed by atoms with Gasteiger partial charge in [0, 0.05) is 44.3 Å². The molecule has 0 saturated heterocycles. The summed E-state index contributed by atoms with van der Waals surface area (Å²) in [5, 5.41) is 21.5. The van der Waals surface area contributed by atoms with E-state index in [0.717, 1.165) is 41.0 Å². The van der Waals surface area contributed by atoms with Crippen LogP contribution in [0.15, 0.2) is 30.5 Å². The van der Waals surface area contributed by atoms with Crippen molar-refractivity contribution in [2.24, 2.45) is 5.92 Å². The molecule has 0 bridgehead atoms. The summed E-state index contributed by atoms with van der Waals surface area (Å²) < 4.78 is 7.20. The van der Waals surface area contributed by atoms with Crippen LogP contribution in [0, 0.1) is 5.92 Å². The third-order valence-electron chi connectivity index (χ3n) is 6.26. The third kappa shape index (κ3) is 4.42. The minimum absolute atomic E-state index is 0.0284. The molecule has 2 aromatic heterocycles. The van der Waals surface area contributed by atoms with Crippen molar-refractivity contribution in [3.63, 3.8) is 0 Å². The van der Waals surface area contributed by atoms with Crippen molar-refractivity contribution >= 4 is 34.7 Å². The molecule has 3 aromatic rings. The van der Waals surface area contributed by atoms with Gasteiger partial charge < -0.3 is 25.6 Å². The Bertz CT molecular complexity index is 1280. The van der Waals surface area contributed by atoms with E-state index in [1.807, 2.05) is 30.1 Å². The Hall–Kier alpha value is -3.99. The van der Waals surface area contributed by atoms with E-state index < -0.39 is 0 Å². The number of carbonyl (C=O) groups is 2. The molecule has 3 N–H and O–H groups in total. The number of nitrogens with one attached hydrogen (secondary N) is 3. The second-order valence-corrected chi connectivity index (χ2v) is 8.74. The molecule has 0 radical (unpaired) electrons. The molecule has 11 heteroatoms. The Morgan fingerprint density at radius 3 is 2.74 bits per heavy atom. The molecule has 11 nitrogen and oxygen atoms in total. The maximum Gasteiger partial charge on any atom is 0.273 e. The van der Waals surface area contributed by atoms with Crippen LogP contribution < -0.4 is 20.9 Å². The van der Waals surface area contributed by atoms with Crippen LogP contribution in [0.5, 0.6) is 0 Å². The van der Waals surface area contributed by atoms with E-state index in [9.17, 15) is 9.59 Å². The van der Waals surface area contributed by atoms with Gasteiger partial charge in [0.1, 0.15) is 0 Å². The van der Waals surface area contributed by atoms with Crippen LogP contribution in [-0.4, -0.2) is 59.6 Å². The summed E-state index contributed by atoms with van der Waals surface area (Å²) in [5.74, 6) is -0.120. The van der Waals surface area contributed by atoms with E-state index in [1.54, 1.807) is 13.2 Å². The van der Waals surface area contributed by atoms with Crippen LogP contribution in [0.1, 0.15) is 29.0 Å².